The first-order valence-electron chi connectivity index (χ1n) is 8.09. The topological polar surface area (TPSA) is 120 Å². The van der Waals surface area contributed by atoms with Gasteiger partial charge in [0.15, 0.2) is 0 Å². The fourth-order valence-electron chi connectivity index (χ4n) is 2.71. The fraction of sp³-hybridized carbons (Fsp3) is 0.222. The lowest BCUT2D eigenvalue weighted by molar-refractivity contribution is -0.116. The molecule has 0 radical (unpaired) electrons. The molecule has 0 saturated carbocycles. The molecule has 0 fully saturated rings. The first kappa shape index (κ1) is 19.4. The van der Waals surface area contributed by atoms with Crippen LogP contribution in [-0.4, -0.2) is 40.8 Å². The van der Waals surface area contributed by atoms with E-state index in [-0.39, 0.29) is 17.5 Å². The molecule has 28 heavy (non-hydrogen) atoms. The molecule has 1 aromatic carbocycles. The molecular formula is C18H17N3O6S. The highest BCUT2D eigenvalue weighted by Gasteiger charge is 2.20. The van der Waals surface area contributed by atoms with E-state index >= 15 is 0 Å². The summed E-state index contributed by atoms with van der Waals surface area (Å²) < 4.78 is 11.5. The van der Waals surface area contributed by atoms with Crippen LogP contribution < -0.4 is 20.3 Å². The van der Waals surface area contributed by atoms with Crippen LogP contribution in [-0.2, 0) is 11.3 Å². The number of hydrogen-bond donors (Lipinski definition) is 2. The van der Waals surface area contributed by atoms with Crippen molar-refractivity contribution in [3.05, 3.63) is 45.3 Å². The predicted octanol–water partition coefficient (Wildman–Crippen LogP) is 2.12. The van der Waals surface area contributed by atoms with Gasteiger partial charge in [-0.15, -0.1) is 11.3 Å². The Balaban J connectivity index is 1.95. The molecule has 9 nitrogen and oxygen atoms in total. The van der Waals surface area contributed by atoms with Gasteiger partial charge in [0.1, 0.15) is 28.7 Å². The molecule has 0 unspecified atom stereocenters. The second-order valence-corrected chi connectivity index (χ2v) is 6.66. The van der Waals surface area contributed by atoms with Gasteiger partial charge in [-0.05, 0) is 19.1 Å². The number of carboxylic acids is 1. The Kier molecular flexibility index (Phi) is 5.32. The average molecular weight is 403 g/mol. The molecule has 2 N–H and O–H groups in total. The largest absolute Gasteiger partial charge is 0.497 e. The summed E-state index contributed by atoms with van der Waals surface area (Å²) in [5.41, 5.74) is -0.316. The molecule has 146 valence electrons. The van der Waals surface area contributed by atoms with E-state index in [1.54, 1.807) is 25.1 Å². The van der Waals surface area contributed by atoms with Crippen molar-refractivity contribution in [3.8, 4) is 11.5 Å². The summed E-state index contributed by atoms with van der Waals surface area (Å²) in [4.78, 5) is 41.3. The van der Waals surface area contributed by atoms with Crippen LogP contribution in [0.4, 0.5) is 5.69 Å². The first-order chi connectivity index (χ1) is 13.3. The summed E-state index contributed by atoms with van der Waals surface area (Å²) in [5, 5.41) is 13.3. The second kappa shape index (κ2) is 7.69. The van der Waals surface area contributed by atoms with Crippen LogP contribution in [0.3, 0.4) is 0 Å². The number of aromatic nitrogens is 2. The van der Waals surface area contributed by atoms with Crippen LogP contribution in [0.1, 0.15) is 16.2 Å². The molecule has 0 aliphatic rings. The monoisotopic (exact) mass is 403 g/mol. The van der Waals surface area contributed by atoms with Crippen LogP contribution in [0.2, 0.25) is 0 Å². The van der Waals surface area contributed by atoms with Crippen molar-refractivity contribution in [2.24, 2.45) is 0 Å². The molecule has 0 saturated heterocycles. The maximum atomic E-state index is 12.8. The number of anilines is 1. The van der Waals surface area contributed by atoms with Gasteiger partial charge >= 0.3 is 5.97 Å². The van der Waals surface area contributed by atoms with Crippen LogP contribution >= 0.6 is 11.3 Å². The summed E-state index contributed by atoms with van der Waals surface area (Å²) in [7, 11) is 2.96. The number of aromatic carboxylic acids is 1. The highest BCUT2D eigenvalue weighted by Crippen LogP contribution is 2.29. The molecule has 3 aromatic rings. The maximum Gasteiger partial charge on any atom is 0.337 e. The molecular weight excluding hydrogens is 386 g/mol. The van der Waals surface area contributed by atoms with Gasteiger partial charge in [-0.3, -0.25) is 14.2 Å². The Morgan fingerprint density at radius 1 is 1.29 bits per heavy atom. The molecule has 0 atom stereocenters. The molecule has 0 bridgehead atoms. The number of rotatable bonds is 6. The zero-order valence-electron chi connectivity index (χ0n) is 15.3. The van der Waals surface area contributed by atoms with Crippen molar-refractivity contribution < 1.29 is 24.2 Å². The van der Waals surface area contributed by atoms with E-state index in [1.807, 2.05) is 0 Å². The summed E-state index contributed by atoms with van der Waals surface area (Å²) in [6.45, 7) is 1.25. The number of benzene rings is 1. The van der Waals surface area contributed by atoms with Gasteiger partial charge < -0.3 is 19.9 Å². The minimum absolute atomic E-state index is 0.00476. The van der Waals surface area contributed by atoms with E-state index in [0.717, 1.165) is 15.9 Å². The number of nitrogens with zero attached hydrogens (tertiary/aromatic N) is 2. The normalized spacial score (nSPS) is 10.7. The lowest BCUT2D eigenvalue weighted by Crippen LogP contribution is -2.30. The Labute approximate surface area is 163 Å². The van der Waals surface area contributed by atoms with Crippen molar-refractivity contribution >= 4 is 39.1 Å². The lowest BCUT2D eigenvalue weighted by Gasteiger charge is -2.13. The number of hydrogen-bond acceptors (Lipinski definition) is 7. The number of carboxylic acid groups (broad SMARTS) is 1. The molecule has 10 heteroatoms. The Bertz CT molecular complexity index is 1130. The van der Waals surface area contributed by atoms with Crippen molar-refractivity contribution in [1.29, 1.82) is 0 Å². The molecule has 0 aliphatic heterocycles. The molecule has 2 aromatic heterocycles. The second-order valence-electron chi connectivity index (χ2n) is 5.80. The third kappa shape index (κ3) is 3.54. The number of nitrogens with one attached hydrogen (secondary N) is 1. The zero-order chi connectivity index (χ0) is 20.4. The number of methoxy groups -OCH3 is 2. The predicted molar refractivity (Wildman–Crippen MR) is 104 cm³/mol. The molecule has 0 spiro atoms. The smallest absolute Gasteiger partial charge is 0.337 e. The number of carbonyl (C=O) groups excluding carboxylic acids is 1. The molecule has 2 heterocycles. The first-order valence-corrected chi connectivity index (χ1v) is 8.97. The summed E-state index contributed by atoms with van der Waals surface area (Å²) >= 11 is 1.07. The highest BCUT2D eigenvalue weighted by molar-refractivity contribution is 7.17. The zero-order valence-corrected chi connectivity index (χ0v) is 16.1. The van der Waals surface area contributed by atoms with Crippen LogP contribution in [0.25, 0.3) is 10.2 Å². The van der Waals surface area contributed by atoms with E-state index in [4.69, 9.17) is 9.47 Å². The molecule has 3 rings (SSSR count). The van der Waals surface area contributed by atoms with Gasteiger partial charge in [0.25, 0.3) is 5.56 Å². The van der Waals surface area contributed by atoms with E-state index in [1.165, 1.54) is 19.6 Å². The number of aryl methyl sites for hydroxylation is 1. The summed E-state index contributed by atoms with van der Waals surface area (Å²) in [6, 6.07) is 4.92. The number of ether oxygens (including phenoxy) is 2. The lowest BCUT2D eigenvalue weighted by atomic mass is 10.2. The number of fused-ring (bicyclic) bond motifs is 1. The summed E-state index contributed by atoms with van der Waals surface area (Å²) in [5.74, 6) is -0.449. The Morgan fingerprint density at radius 2 is 2.04 bits per heavy atom. The van der Waals surface area contributed by atoms with Crippen molar-refractivity contribution in [2.45, 2.75) is 13.5 Å². The van der Waals surface area contributed by atoms with E-state index < -0.39 is 17.4 Å². The summed E-state index contributed by atoms with van der Waals surface area (Å²) in [6.07, 6.45) is 0. The maximum absolute atomic E-state index is 12.8. The van der Waals surface area contributed by atoms with E-state index in [2.05, 4.69) is 10.3 Å². The third-order valence-electron chi connectivity index (χ3n) is 4.10. The third-order valence-corrected chi connectivity index (χ3v) is 4.97. The highest BCUT2D eigenvalue weighted by atomic mass is 32.1. The fourth-order valence-corrected chi connectivity index (χ4v) is 3.66. The minimum atomic E-state index is -1.22. The Hall–Kier alpha value is -3.40. The Morgan fingerprint density at radius 3 is 2.68 bits per heavy atom. The number of thiophene rings is 1. The molecule has 0 aliphatic carbocycles. The van der Waals surface area contributed by atoms with Crippen LogP contribution in [0, 0.1) is 6.92 Å². The van der Waals surface area contributed by atoms with Gasteiger partial charge in [0.05, 0.1) is 30.9 Å². The van der Waals surface area contributed by atoms with Gasteiger partial charge in [-0.2, -0.15) is 0 Å². The van der Waals surface area contributed by atoms with E-state index in [0.29, 0.717) is 27.8 Å². The number of carbonyl (C=O) groups is 2. The molecule has 1 amide bonds. The SMILES string of the molecule is COc1ccc(OC)c(NC(=O)Cn2c(C)nc3scc(C(=O)O)c3c2=O)c1. The van der Waals surface area contributed by atoms with Crippen molar-refractivity contribution in [3.63, 3.8) is 0 Å². The minimum Gasteiger partial charge on any atom is -0.497 e. The van der Waals surface area contributed by atoms with Crippen LogP contribution in [0.5, 0.6) is 11.5 Å². The standard InChI is InChI=1S/C18H17N3O6S/c1-9-19-16-15(11(8-28-16)18(24)25)17(23)21(9)7-14(22)20-12-6-10(26-2)4-5-13(12)27-3/h4-6,8H,7H2,1-3H3,(H,20,22)(H,24,25). The van der Waals surface area contributed by atoms with Crippen molar-refractivity contribution in [2.75, 3.05) is 19.5 Å². The van der Waals surface area contributed by atoms with Crippen LogP contribution in [0.15, 0.2) is 28.4 Å². The van der Waals surface area contributed by atoms with Gasteiger partial charge in [-0.1, -0.05) is 0 Å². The van der Waals surface area contributed by atoms with Gasteiger partial charge in [0.2, 0.25) is 5.91 Å². The van der Waals surface area contributed by atoms with E-state index in [9.17, 15) is 19.5 Å². The van der Waals surface area contributed by atoms with Crippen molar-refractivity contribution in [1.82, 2.24) is 9.55 Å². The number of amides is 1. The average Bonchev–Trinajstić information content (AvgIpc) is 3.09. The van der Waals surface area contributed by atoms with Gasteiger partial charge in [0, 0.05) is 11.4 Å². The quantitative estimate of drug-likeness (QED) is 0.647. The van der Waals surface area contributed by atoms with Gasteiger partial charge in [-0.25, -0.2) is 9.78 Å².